The molecule has 0 unspecified atom stereocenters. The van der Waals surface area contributed by atoms with Crippen molar-refractivity contribution in [3.8, 4) is 0 Å². The van der Waals surface area contributed by atoms with Crippen molar-refractivity contribution in [1.29, 1.82) is 0 Å². The summed E-state index contributed by atoms with van der Waals surface area (Å²) >= 11 is 0. The van der Waals surface area contributed by atoms with Crippen LogP contribution < -0.4 is 5.73 Å². The Labute approximate surface area is 76.4 Å². The zero-order valence-electron chi connectivity index (χ0n) is 7.40. The quantitative estimate of drug-likeness (QED) is 0.723. The average Bonchev–Trinajstić information content (AvgIpc) is 2.03. The van der Waals surface area contributed by atoms with E-state index in [1.54, 1.807) is 18.5 Å². The van der Waals surface area contributed by atoms with Gasteiger partial charge in [0, 0.05) is 18.4 Å². The number of rotatable bonds is 3. The summed E-state index contributed by atoms with van der Waals surface area (Å²) in [7, 11) is 0. The van der Waals surface area contributed by atoms with E-state index in [2.05, 4.69) is 4.98 Å². The van der Waals surface area contributed by atoms with E-state index in [0.29, 0.717) is 0 Å². The Bertz CT molecular complexity index is 312. The zero-order valence-corrected chi connectivity index (χ0v) is 7.40. The number of nitrogens with zero attached hydrogens (tertiary/aromatic N) is 1. The van der Waals surface area contributed by atoms with Gasteiger partial charge in [-0.3, -0.25) is 9.78 Å². The minimum Gasteiger partial charge on any atom is -0.481 e. The van der Waals surface area contributed by atoms with Gasteiger partial charge in [-0.1, -0.05) is 0 Å². The highest BCUT2D eigenvalue weighted by atomic mass is 16.4. The lowest BCUT2D eigenvalue weighted by atomic mass is 10.0. The highest BCUT2D eigenvalue weighted by Crippen LogP contribution is 2.16. The van der Waals surface area contributed by atoms with Gasteiger partial charge >= 0.3 is 5.97 Å². The minimum absolute atomic E-state index is 0.0507. The molecule has 0 amide bonds. The van der Waals surface area contributed by atoms with Gasteiger partial charge in [0.1, 0.15) is 0 Å². The fraction of sp³-hybridized carbons (Fsp3) is 0.333. The van der Waals surface area contributed by atoms with E-state index < -0.39 is 12.0 Å². The topological polar surface area (TPSA) is 76.2 Å². The molecule has 0 saturated carbocycles. The Morgan fingerprint density at radius 2 is 2.46 bits per heavy atom. The molecule has 4 nitrogen and oxygen atoms in total. The SMILES string of the molecule is Cc1cnccc1[C@@H](N)CC(=O)O. The first-order chi connectivity index (χ1) is 6.11. The Kier molecular flexibility index (Phi) is 2.97. The van der Waals surface area contributed by atoms with Crippen LogP contribution in [0.1, 0.15) is 23.6 Å². The van der Waals surface area contributed by atoms with Gasteiger partial charge in [-0.25, -0.2) is 0 Å². The number of nitrogens with two attached hydrogens (primary N) is 1. The lowest BCUT2D eigenvalue weighted by Crippen LogP contribution is -2.16. The van der Waals surface area contributed by atoms with Gasteiger partial charge in [-0.15, -0.1) is 0 Å². The molecular weight excluding hydrogens is 168 g/mol. The molecule has 0 aromatic carbocycles. The molecule has 13 heavy (non-hydrogen) atoms. The Morgan fingerprint density at radius 3 is 3.00 bits per heavy atom. The normalized spacial score (nSPS) is 12.5. The van der Waals surface area contributed by atoms with E-state index in [4.69, 9.17) is 10.8 Å². The Balaban J connectivity index is 2.82. The first-order valence-corrected chi connectivity index (χ1v) is 3.99. The third kappa shape index (κ3) is 2.52. The van der Waals surface area contributed by atoms with Gasteiger partial charge in [0.05, 0.1) is 6.42 Å². The molecule has 0 fully saturated rings. The predicted octanol–water partition coefficient (Wildman–Crippen LogP) is 0.865. The molecule has 0 aliphatic heterocycles. The van der Waals surface area contributed by atoms with Crippen LogP contribution in [0.2, 0.25) is 0 Å². The van der Waals surface area contributed by atoms with Crippen LogP contribution in [-0.4, -0.2) is 16.1 Å². The molecule has 1 aromatic heterocycles. The molecule has 4 heteroatoms. The highest BCUT2D eigenvalue weighted by Gasteiger charge is 2.11. The van der Waals surface area contributed by atoms with Crippen LogP contribution in [-0.2, 0) is 4.79 Å². The largest absolute Gasteiger partial charge is 0.481 e. The van der Waals surface area contributed by atoms with Crippen molar-refractivity contribution in [2.75, 3.05) is 0 Å². The number of pyridine rings is 1. The van der Waals surface area contributed by atoms with Gasteiger partial charge in [0.25, 0.3) is 0 Å². The number of carboxylic acid groups (broad SMARTS) is 1. The van der Waals surface area contributed by atoms with Crippen molar-refractivity contribution >= 4 is 5.97 Å². The lowest BCUT2D eigenvalue weighted by Gasteiger charge is -2.11. The second-order valence-electron chi connectivity index (χ2n) is 2.94. The summed E-state index contributed by atoms with van der Waals surface area (Å²) in [6.45, 7) is 1.87. The maximum absolute atomic E-state index is 10.4. The summed E-state index contributed by atoms with van der Waals surface area (Å²) in [6.07, 6.45) is 3.24. The molecule has 1 atom stereocenters. The molecule has 0 spiro atoms. The number of carboxylic acids is 1. The van der Waals surface area contributed by atoms with Crippen LogP contribution in [0, 0.1) is 6.92 Å². The number of hydrogen-bond acceptors (Lipinski definition) is 3. The van der Waals surface area contributed by atoms with Crippen molar-refractivity contribution in [3.05, 3.63) is 29.6 Å². The van der Waals surface area contributed by atoms with E-state index in [0.717, 1.165) is 11.1 Å². The molecule has 0 aliphatic carbocycles. The standard InChI is InChI=1S/C9H12N2O2/c1-6-5-11-3-2-7(6)8(10)4-9(12)13/h2-3,5,8H,4,10H2,1H3,(H,12,13)/t8-/m0/s1. The summed E-state index contributed by atoms with van der Waals surface area (Å²) in [4.78, 5) is 14.3. The van der Waals surface area contributed by atoms with Gasteiger partial charge in [0.15, 0.2) is 0 Å². The second-order valence-corrected chi connectivity index (χ2v) is 2.94. The van der Waals surface area contributed by atoms with E-state index in [1.807, 2.05) is 6.92 Å². The van der Waals surface area contributed by atoms with Crippen LogP contribution in [0.25, 0.3) is 0 Å². The zero-order chi connectivity index (χ0) is 9.84. The first-order valence-electron chi connectivity index (χ1n) is 3.99. The number of hydrogen-bond donors (Lipinski definition) is 2. The first kappa shape index (κ1) is 9.67. The summed E-state index contributed by atoms with van der Waals surface area (Å²) in [6, 6.07) is 1.31. The number of aryl methyl sites for hydroxylation is 1. The molecule has 0 radical (unpaired) electrons. The van der Waals surface area contributed by atoms with Crippen LogP contribution in [0.3, 0.4) is 0 Å². The lowest BCUT2D eigenvalue weighted by molar-refractivity contribution is -0.137. The molecule has 70 valence electrons. The van der Waals surface area contributed by atoms with Crippen molar-refractivity contribution in [2.24, 2.45) is 5.73 Å². The minimum atomic E-state index is -0.885. The third-order valence-corrected chi connectivity index (χ3v) is 1.86. The molecule has 1 rings (SSSR count). The maximum atomic E-state index is 10.4. The van der Waals surface area contributed by atoms with E-state index in [1.165, 1.54) is 0 Å². The van der Waals surface area contributed by atoms with Crippen molar-refractivity contribution in [1.82, 2.24) is 4.98 Å². The maximum Gasteiger partial charge on any atom is 0.305 e. The highest BCUT2D eigenvalue weighted by molar-refractivity contribution is 5.68. The van der Waals surface area contributed by atoms with Crippen LogP contribution in [0.4, 0.5) is 0 Å². The number of aromatic nitrogens is 1. The second kappa shape index (κ2) is 4.00. The smallest absolute Gasteiger partial charge is 0.305 e. The van der Waals surface area contributed by atoms with Crippen LogP contribution >= 0.6 is 0 Å². The molecule has 0 aliphatic rings. The van der Waals surface area contributed by atoms with Gasteiger partial charge in [-0.2, -0.15) is 0 Å². The summed E-state index contributed by atoms with van der Waals surface area (Å²) < 4.78 is 0. The van der Waals surface area contributed by atoms with E-state index >= 15 is 0 Å². The summed E-state index contributed by atoms with van der Waals surface area (Å²) in [5.41, 5.74) is 7.46. The molecule has 3 N–H and O–H groups in total. The Hall–Kier alpha value is -1.42. The molecule has 0 saturated heterocycles. The fourth-order valence-corrected chi connectivity index (χ4v) is 1.20. The monoisotopic (exact) mass is 180 g/mol. The van der Waals surface area contributed by atoms with Crippen LogP contribution in [0.15, 0.2) is 18.5 Å². The third-order valence-electron chi connectivity index (χ3n) is 1.86. The van der Waals surface area contributed by atoms with E-state index in [-0.39, 0.29) is 6.42 Å². The van der Waals surface area contributed by atoms with Gasteiger partial charge in [-0.05, 0) is 24.1 Å². The molecule has 1 heterocycles. The average molecular weight is 180 g/mol. The number of carbonyl (C=O) groups is 1. The molecule has 0 bridgehead atoms. The predicted molar refractivity (Wildman–Crippen MR) is 48.2 cm³/mol. The fourth-order valence-electron chi connectivity index (χ4n) is 1.20. The number of aliphatic carboxylic acids is 1. The van der Waals surface area contributed by atoms with Gasteiger partial charge < -0.3 is 10.8 Å². The van der Waals surface area contributed by atoms with Crippen LogP contribution in [0.5, 0.6) is 0 Å². The van der Waals surface area contributed by atoms with E-state index in [9.17, 15) is 4.79 Å². The molecular formula is C9H12N2O2. The van der Waals surface area contributed by atoms with Gasteiger partial charge in [0.2, 0.25) is 0 Å². The molecule has 1 aromatic rings. The Morgan fingerprint density at radius 1 is 1.77 bits per heavy atom. The summed E-state index contributed by atoms with van der Waals surface area (Å²) in [5.74, 6) is -0.885. The summed E-state index contributed by atoms with van der Waals surface area (Å²) in [5, 5.41) is 8.54. The van der Waals surface area contributed by atoms with Crippen molar-refractivity contribution in [2.45, 2.75) is 19.4 Å². The van der Waals surface area contributed by atoms with Crippen molar-refractivity contribution < 1.29 is 9.90 Å². The van der Waals surface area contributed by atoms with Crippen molar-refractivity contribution in [3.63, 3.8) is 0 Å².